The summed E-state index contributed by atoms with van der Waals surface area (Å²) in [5, 5.41) is 22.5. The van der Waals surface area contributed by atoms with Gasteiger partial charge in [0.25, 0.3) is 0 Å². The standard InChI is InChI=1S/C18H10N4/c19-8-11-5-3-7-14-15(9-20)22-18(16(11)14)17-13-6-2-1-4-12(13)10-21-17/h1-7,10,21-22H. The van der Waals surface area contributed by atoms with Crippen molar-refractivity contribution in [1.29, 1.82) is 10.5 Å². The van der Waals surface area contributed by atoms with Gasteiger partial charge in [0.2, 0.25) is 0 Å². The van der Waals surface area contributed by atoms with E-state index >= 15 is 0 Å². The van der Waals surface area contributed by atoms with Crippen LogP contribution in [0.5, 0.6) is 0 Å². The Hall–Kier alpha value is -3.50. The molecule has 4 rings (SSSR count). The smallest absolute Gasteiger partial charge is 0.126 e. The molecule has 0 atom stereocenters. The molecule has 0 aliphatic heterocycles. The van der Waals surface area contributed by atoms with Crippen LogP contribution in [0.25, 0.3) is 32.9 Å². The Balaban J connectivity index is 2.16. The summed E-state index contributed by atoms with van der Waals surface area (Å²) in [6.45, 7) is 0. The molecular formula is C18H10N4. The van der Waals surface area contributed by atoms with Gasteiger partial charge in [0.15, 0.2) is 0 Å². The van der Waals surface area contributed by atoms with Crippen molar-refractivity contribution in [3.05, 3.63) is 59.9 Å². The molecule has 0 bridgehead atoms. The highest BCUT2D eigenvalue weighted by molar-refractivity contribution is 6.07. The number of nitriles is 2. The average Bonchev–Trinajstić information content (AvgIpc) is 3.15. The predicted octanol–water partition coefficient (Wildman–Crippen LogP) is 4.06. The maximum Gasteiger partial charge on any atom is 0.126 e. The van der Waals surface area contributed by atoms with Gasteiger partial charge in [-0.05, 0) is 11.5 Å². The van der Waals surface area contributed by atoms with E-state index in [1.165, 1.54) is 0 Å². The first kappa shape index (κ1) is 12.3. The van der Waals surface area contributed by atoms with Crippen molar-refractivity contribution >= 4 is 21.5 Å². The molecule has 0 aliphatic carbocycles. The minimum absolute atomic E-state index is 0.473. The summed E-state index contributed by atoms with van der Waals surface area (Å²) in [5.74, 6) is 0. The second-order valence-electron chi connectivity index (χ2n) is 5.08. The highest BCUT2D eigenvalue weighted by Gasteiger charge is 2.17. The number of rotatable bonds is 1. The summed E-state index contributed by atoms with van der Waals surface area (Å²) in [6.07, 6.45) is 1.93. The third-order valence-electron chi connectivity index (χ3n) is 3.92. The Morgan fingerprint density at radius 1 is 0.818 bits per heavy atom. The Bertz CT molecular complexity index is 1100. The van der Waals surface area contributed by atoms with Crippen molar-refractivity contribution in [2.45, 2.75) is 0 Å². The van der Waals surface area contributed by atoms with Crippen LogP contribution in [0.2, 0.25) is 0 Å². The van der Waals surface area contributed by atoms with Gasteiger partial charge < -0.3 is 9.97 Å². The Kier molecular flexibility index (Phi) is 2.51. The van der Waals surface area contributed by atoms with E-state index in [-0.39, 0.29) is 0 Å². The van der Waals surface area contributed by atoms with Gasteiger partial charge in [-0.25, -0.2) is 0 Å². The summed E-state index contributed by atoms with van der Waals surface area (Å²) in [5.41, 5.74) is 2.71. The summed E-state index contributed by atoms with van der Waals surface area (Å²) < 4.78 is 0. The maximum absolute atomic E-state index is 9.40. The van der Waals surface area contributed by atoms with Crippen molar-refractivity contribution in [2.24, 2.45) is 0 Å². The first-order chi connectivity index (χ1) is 10.8. The normalized spacial score (nSPS) is 10.6. The summed E-state index contributed by atoms with van der Waals surface area (Å²) in [6, 6.07) is 17.8. The molecule has 0 unspecified atom stereocenters. The van der Waals surface area contributed by atoms with Crippen LogP contribution >= 0.6 is 0 Å². The van der Waals surface area contributed by atoms with E-state index in [0.717, 1.165) is 32.9 Å². The third-order valence-corrected chi connectivity index (χ3v) is 3.92. The molecule has 4 heteroatoms. The molecule has 0 fully saturated rings. The van der Waals surface area contributed by atoms with E-state index in [0.29, 0.717) is 11.3 Å². The fraction of sp³-hybridized carbons (Fsp3) is 0. The summed E-state index contributed by atoms with van der Waals surface area (Å²) in [7, 11) is 0. The topological polar surface area (TPSA) is 79.2 Å². The van der Waals surface area contributed by atoms with E-state index in [2.05, 4.69) is 22.1 Å². The molecule has 2 aromatic heterocycles. The van der Waals surface area contributed by atoms with Crippen molar-refractivity contribution in [2.75, 3.05) is 0 Å². The van der Waals surface area contributed by atoms with Crippen LogP contribution in [0.3, 0.4) is 0 Å². The van der Waals surface area contributed by atoms with Gasteiger partial charge in [0.05, 0.1) is 23.0 Å². The second-order valence-corrected chi connectivity index (χ2v) is 5.08. The van der Waals surface area contributed by atoms with Crippen molar-refractivity contribution < 1.29 is 0 Å². The van der Waals surface area contributed by atoms with Gasteiger partial charge >= 0.3 is 0 Å². The molecule has 4 nitrogen and oxygen atoms in total. The van der Waals surface area contributed by atoms with E-state index in [4.69, 9.17) is 0 Å². The minimum Gasteiger partial charge on any atom is -0.359 e. The lowest BCUT2D eigenvalue weighted by molar-refractivity contribution is 1.31. The molecule has 102 valence electrons. The number of fused-ring (bicyclic) bond motifs is 2. The van der Waals surface area contributed by atoms with Gasteiger partial charge in [-0.15, -0.1) is 0 Å². The van der Waals surface area contributed by atoms with Gasteiger partial charge in [-0.1, -0.05) is 36.4 Å². The van der Waals surface area contributed by atoms with E-state index in [1.54, 1.807) is 12.1 Å². The zero-order chi connectivity index (χ0) is 15.1. The first-order valence-corrected chi connectivity index (χ1v) is 6.85. The molecule has 0 saturated carbocycles. The molecule has 2 heterocycles. The lowest BCUT2D eigenvalue weighted by Gasteiger charge is -2.00. The van der Waals surface area contributed by atoms with E-state index in [1.807, 2.05) is 36.5 Å². The lowest BCUT2D eigenvalue weighted by atomic mass is 10.0. The number of H-pyrrole nitrogens is 2. The SMILES string of the molecule is N#Cc1[nH]c(-c2[nH]cc3ccccc23)c2c(C#N)cccc12. The molecule has 0 spiro atoms. The molecule has 0 amide bonds. The molecule has 2 aromatic carbocycles. The fourth-order valence-corrected chi connectivity index (χ4v) is 2.94. The number of aromatic amines is 2. The predicted molar refractivity (Wildman–Crippen MR) is 85.0 cm³/mol. The van der Waals surface area contributed by atoms with Crippen LogP contribution in [0.15, 0.2) is 48.7 Å². The number of nitrogens with one attached hydrogen (secondary N) is 2. The Morgan fingerprint density at radius 2 is 1.64 bits per heavy atom. The number of hydrogen-bond donors (Lipinski definition) is 2. The largest absolute Gasteiger partial charge is 0.359 e. The maximum atomic E-state index is 9.40. The van der Waals surface area contributed by atoms with Crippen molar-refractivity contribution in [3.8, 4) is 23.5 Å². The number of aromatic nitrogens is 2. The Labute approximate surface area is 126 Å². The molecule has 0 radical (unpaired) electrons. The van der Waals surface area contributed by atoms with E-state index in [9.17, 15) is 10.5 Å². The Morgan fingerprint density at radius 3 is 2.45 bits per heavy atom. The summed E-state index contributed by atoms with van der Waals surface area (Å²) in [4.78, 5) is 6.43. The highest BCUT2D eigenvalue weighted by atomic mass is 14.8. The molecule has 4 aromatic rings. The summed E-state index contributed by atoms with van der Waals surface area (Å²) >= 11 is 0. The number of hydrogen-bond acceptors (Lipinski definition) is 2. The lowest BCUT2D eigenvalue weighted by Crippen LogP contribution is -1.82. The third kappa shape index (κ3) is 1.55. The van der Waals surface area contributed by atoms with Gasteiger partial charge in [-0.2, -0.15) is 10.5 Å². The highest BCUT2D eigenvalue weighted by Crippen LogP contribution is 2.35. The van der Waals surface area contributed by atoms with E-state index < -0.39 is 0 Å². The molecule has 0 aliphatic rings. The number of benzene rings is 2. The second kappa shape index (κ2) is 4.51. The average molecular weight is 282 g/mol. The monoisotopic (exact) mass is 282 g/mol. The molecular weight excluding hydrogens is 272 g/mol. The zero-order valence-corrected chi connectivity index (χ0v) is 11.5. The first-order valence-electron chi connectivity index (χ1n) is 6.85. The van der Waals surface area contributed by atoms with Crippen molar-refractivity contribution in [3.63, 3.8) is 0 Å². The minimum atomic E-state index is 0.473. The quantitative estimate of drug-likeness (QED) is 0.552. The number of nitrogens with zero attached hydrogens (tertiary/aromatic N) is 2. The zero-order valence-electron chi connectivity index (χ0n) is 11.5. The van der Waals surface area contributed by atoms with Crippen LogP contribution in [-0.2, 0) is 0 Å². The molecule has 22 heavy (non-hydrogen) atoms. The van der Waals surface area contributed by atoms with Crippen LogP contribution in [-0.4, -0.2) is 9.97 Å². The van der Waals surface area contributed by atoms with Crippen LogP contribution in [0.4, 0.5) is 0 Å². The van der Waals surface area contributed by atoms with Crippen LogP contribution in [0.1, 0.15) is 11.3 Å². The van der Waals surface area contributed by atoms with Gasteiger partial charge in [0.1, 0.15) is 11.8 Å². The van der Waals surface area contributed by atoms with Gasteiger partial charge in [-0.3, -0.25) is 0 Å². The molecule has 0 saturated heterocycles. The van der Waals surface area contributed by atoms with Crippen LogP contribution in [0, 0.1) is 22.7 Å². The van der Waals surface area contributed by atoms with Gasteiger partial charge in [0, 0.05) is 22.4 Å². The van der Waals surface area contributed by atoms with Crippen LogP contribution < -0.4 is 0 Å². The fourth-order valence-electron chi connectivity index (χ4n) is 2.94. The van der Waals surface area contributed by atoms with Crippen molar-refractivity contribution in [1.82, 2.24) is 9.97 Å². The molecule has 2 N–H and O–H groups in total.